The number of halogens is 1. The average molecular weight is 300 g/mol. The lowest BCUT2D eigenvalue weighted by Gasteiger charge is -2.33. The molecule has 2 N–H and O–H groups in total. The second-order valence-corrected chi connectivity index (χ2v) is 5.52. The molecule has 1 aliphatic rings. The van der Waals surface area contributed by atoms with E-state index in [1.165, 1.54) is 0 Å². The number of hydrogen-bond donors (Lipinski definition) is 2. The lowest BCUT2D eigenvalue weighted by molar-refractivity contribution is 0.0104. The fourth-order valence-corrected chi connectivity index (χ4v) is 2.72. The smallest absolute Gasteiger partial charge is 0.122 e. The molecule has 0 bridgehead atoms. The summed E-state index contributed by atoms with van der Waals surface area (Å²) in [7, 11) is 1.67. The van der Waals surface area contributed by atoms with Gasteiger partial charge in [0.1, 0.15) is 5.75 Å². The first-order valence-electron chi connectivity index (χ1n) is 5.88. The molecule has 0 amide bonds. The topological polar surface area (TPSA) is 41.5 Å². The predicted octanol–water partition coefficient (Wildman–Crippen LogP) is 2.11. The molecule has 3 nitrogen and oxygen atoms in total. The van der Waals surface area contributed by atoms with Gasteiger partial charge in [-0.15, -0.1) is 0 Å². The highest BCUT2D eigenvalue weighted by molar-refractivity contribution is 9.10. The van der Waals surface area contributed by atoms with E-state index in [4.69, 9.17) is 4.74 Å². The molecule has 1 aromatic rings. The molecular formula is C13H18BrNO2. The molecule has 0 spiro atoms. The molecular weight excluding hydrogens is 282 g/mol. The maximum atomic E-state index is 10.5. The molecule has 1 aliphatic heterocycles. The Bertz CT molecular complexity index is 389. The van der Waals surface area contributed by atoms with Crippen LogP contribution in [0.15, 0.2) is 22.7 Å². The Kier molecular flexibility index (Phi) is 4.07. The molecule has 2 rings (SSSR count). The number of piperidine rings is 1. The zero-order valence-electron chi connectivity index (χ0n) is 10.0. The van der Waals surface area contributed by atoms with Crippen LogP contribution in [0.1, 0.15) is 18.4 Å². The molecule has 1 aromatic carbocycles. The molecule has 0 aliphatic carbocycles. The average Bonchev–Trinajstić information content (AvgIpc) is 2.29. The number of hydrogen-bond acceptors (Lipinski definition) is 3. The van der Waals surface area contributed by atoms with E-state index in [-0.39, 0.29) is 0 Å². The highest BCUT2D eigenvalue weighted by Gasteiger charge is 2.30. The second-order valence-electron chi connectivity index (χ2n) is 4.61. The van der Waals surface area contributed by atoms with Gasteiger partial charge in [0.2, 0.25) is 0 Å². The van der Waals surface area contributed by atoms with Gasteiger partial charge in [-0.2, -0.15) is 0 Å². The van der Waals surface area contributed by atoms with Crippen LogP contribution in [-0.2, 0) is 6.42 Å². The number of aliphatic hydroxyl groups is 1. The summed E-state index contributed by atoms with van der Waals surface area (Å²) in [6, 6.07) is 5.91. The van der Waals surface area contributed by atoms with Crippen molar-refractivity contribution in [2.75, 3.05) is 20.2 Å². The lowest BCUT2D eigenvalue weighted by atomic mass is 9.86. The zero-order valence-corrected chi connectivity index (χ0v) is 11.6. The fraction of sp³-hybridized carbons (Fsp3) is 0.538. The fourth-order valence-electron chi connectivity index (χ4n) is 2.31. The molecule has 4 heteroatoms. The highest BCUT2D eigenvalue weighted by Crippen LogP contribution is 2.30. The third-order valence-electron chi connectivity index (χ3n) is 3.30. The minimum atomic E-state index is -0.598. The molecule has 0 atom stereocenters. The zero-order chi connectivity index (χ0) is 12.3. The van der Waals surface area contributed by atoms with Gasteiger partial charge in [-0.1, -0.05) is 15.9 Å². The number of rotatable bonds is 3. The van der Waals surface area contributed by atoms with Crippen molar-refractivity contribution in [1.29, 1.82) is 0 Å². The van der Waals surface area contributed by atoms with Crippen molar-refractivity contribution in [1.82, 2.24) is 5.32 Å². The van der Waals surface area contributed by atoms with Crippen molar-refractivity contribution < 1.29 is 9.84 Å². The third kappa shape index (κ3) is 3.21. The van der Waals surface area contributed by atoms with Crippen LogP contribution in [0.2, 0.25) is 0 Å². The lowest BCUT2D eigenvalue weighted by Crippen LogP contribution is -2.43. The van der Waals surface area contributed by atoms with Crippen LogP contribution in [0.3, 0.4) is 0 Å². The summed E-state index contributed by atoms with van der Waals surface area (Å²) >= 11 is 3.46. The van der Waals surface area contributed by atoms with Crippen LogP contribution < -0.4 is 10.1 Å². The Balaban J connectivity index is 2.19. The van der Waals surface area contributed by atoms with Gasteiger partial charge in [-0.25, -0.2) is 0 Å². The van der Waals surface area contributed by atoms with Crippen LogP contribution in [0.5, 0.6) is 5.75 Å². The van der Waals surface area contributed by atoms with E-state index >= 15 is 0 Å². The summed E-state index contributed by atoms with van der Waals surface area (Å²) in [6.45, 7) is 1.76. The molecule has 1 fully saturated rings. The quantitative estimate of drug-likeness (QED) is 0.898. The third-order valence-corrected chi connectivity index (χ3v) is 3.79. The minimum Gasteiger partial charge on any atom is -0.496 e. The molecule has 94 valence electrons. The van der Waals surface area contributed by atoms with Crippen LogP contribution in [0.4, 0.5) is 0 Å². The van der Waals surface area contributed by atoms with Gasteiger partial charge >= 0.3 is 0 Å². The molecule has 1 saturated heterocycles. The van der Waals surface area contributed by atoms with E-state index < -0.39 is 5.60 Å². The summed E-state index contributed by atoms with van der Waals surface area (Å²) in [4.78, 5) is 0. The van der Waals surface area contributed by atoms with Gasteiger partial charge < -0.3 is 15.2 Å². The van der Waals surface area contributed by atoms with E-state index in [9.17, 15) is 5.11 Å². The number of methoxy groups -OCH3 is 1. The first-order valence-corrected chi connectivity index (χ1v) is 6.68. The van der Waals surface area contributed by atoms with Gasteiger partial charge in [-0.3, -0.25) is 0 Å². The molecule has 17 heavy (non-hydrogen) atoms. The summed E-state index contributed by atoms with van der Waals surface area (Å²) in [5.41, 5.74) is 0.463. The van der Waals surface area contributed by atoms with Gasteiger partial charge in [-0.05, 0) is 49.7 Å². The highest BCUT2D eigenvalue weighted by atomic mass is 79.9. The summed E-state index contributed by atoms with van der Waals surface area (Å²) in [5, 5.41) is 13.8. The van der Waals surface area contributed by atoms with Crippen molar-refractivity contribution in [2.24, 2.45) is 0 Å². The molecule has 0 aromatic heterocycles. The maximum absolute atomic E-state index is 10.5. The molecule has 1 heterocycles. The SMILES string of the molecule is COc1ccc(Br)cc1CC1(O)CCNCC1. The number of ether oxygens (including phenoxy) is 1. The summed E-state index contributed by atoms with van der Waals surface area (Å²) < 4.78 is 6.36. The number of nitrogens with one attached hydrogen (secondary N) is 1. The van der Waals surface area contributed by atoms with Crippen LogP contribution in [0, 0.1) is 0 Å². The van der Waals surface area contributed by atoms with E-state index in [2.05, 4.69) is 21.2 Å². The summed E-state index contributed by atoms with van der Waals surface area (Å²) in [6.07, 6.45) is 2.24. The van der Waals surface area contributed by atoms with Gasteiger partial charge in [0.15, 0.2) is 0 Å². The normalized spacial score (nSPS) is 19.0. The Morgan fingerprint density at radius 3 is 2.76 bits per heavy atom. The monoisotopic (exact) mass is 299 g/mol. The Morgan fingerprint density at radius 1 is 1.41 bits per heavy atom. The van der Waals surface area contributed by atoms with Crippen LogP contribution in [-0.4, -0.2) is 30.9 Å². The van der Waals surface area contributed by atoms with E-state index in [1.807, 2.05) is 18.2 Å². The van der Waals surface area contributed by atoms with Gasteiger partial charge in [0.05, 0.1) is 12.7 Å². The first-order chi connectivity index (χ1) is 8.13. The summed E-state index contributed by atoms with van der Waals surface area (Å²) in [5.74, 6) is 0.847. The van der Waals surface area contributed by atoms with Crippen LogP contribution >= 0.6 is 15.9 Å². The van der Waals surface area contributed by atoms with E-state index in [1.54, 1.807) is 7.11 Å². The standard InChI is InChI=1S/C13H18BrNO2/c1-17-12-3-2-11(14)8-10(12)9-13(16)4-6-15-7-5-13/h2-3,8,15-16H,4-7,9H2,1H3. The van der Waals surface area contributed by atoms with Crippen molar-refractivity contribution in [3.8, 4) is 5.75 Å². The van der Waals surface area contributed by atoms with Crippen molar-refractivity contribution in [3.05, 3.63) is 28.2 Å². The minimum absolute atomic E-state index is 0.598. The largest absolute Gasteiger partial charge is 0.496 e. The van der Waals surface area contributed by atoms with Crippen molar-refractivity contribution in [3.63, 3.8) is 0 Å². The Hall–Kier alpha value is -0.580. The Labute approximate surface area is 110 Å². The van der Waals surface area contributed by atoms with Crippen LogP contribution in [0.25, 0.3) is 0 Å². The maximum Gasteiger partial charge on any atom is 0.122 e. The van der Waals surface area contributed by atoms with Crippen molar-refractivity contribution in [2.45, 2.75) is 24.9 Å². The van der Waals surface area contributed by atoms with Gasteiger partial charge in [0.25, 0.3) is 0 Å². The van der Waals surface area contributed by atoms with Crippen molar-refractivity contribution >= 4 is 15.9 Å². The predicted molar refractivity (Wildman–Crippen MR) is 71.5 cm³/mol. The first kappa shape index (κ1) is 12.9. The molecule has 0 radical (unpaired) electrons. The second kappa shape index (κ2) is 5.38. The Morgan fingerprint density at radius 2 is 2.12 bits per heavy atom. The number of benzene rings is 1. The van der Waals surface area contributed by atoms with E-state index in [0.717, 1.165) is 41.7 Å². The van der Waals surface area contributed by atoms with Gasteiger partial charge in [0, 0.05) is 10.9 Å². The van der Waals surface area contributed by atoms with E-state index in [0.29, 0.717) is 6.42 Å². The molecule has 0 saturated carbocycles. The molecule has 0 unspecified atom stereocenters.